The Hall–Kier alpha value is -1.52. The van der Waals surface area contributed by atoms with Gasteiger partial charge in [0.25, 0.3) is 0 Å². The topological polar surface area (TPSA) is 44.7 Å². The highest BCUT2D eigenvalue weighted by molar-refractivity contribution is 5.47. The van der Waals surface area contributed by atoms with Gasteiger partial charge in [0.05, 0.1) is 7.11 Å². The third-order valence-electron chi connectivity index (χ3n) is 3.59. The normalized spacial score (nSPS) is 17.9. The van der Waals surface area contributed by atoms with E-state index in [4.69, 9.17) is 4.74 Å². The van der Waals surface area contributed by atoms with E-state index < -0.39 is 0 Å². The molecular weight excluding hydrogens is 240 g/mol. The summed E-state index contributed by atoms with van der Waals surface area (Å²) in [5.74, 6) is 0.775. The first-order valence-corrected chi connectivity index (χ1v) is 6.69. The Labute approximate surface area is 114 Å². The number of rotatable bonds is 5. The Morgan fingerprint density at radius 3 is 2.84 bits per heavy atom. The predicted octanol–water partition coefficient (Wildman–Crippen LogP) is 1.92. The van der Waals surface area contributed by atoms with Gasteiger partial charge >= 0.3 is 0 Å². The lowest BCUT2D eigenvalue weighted by molar-refractivity contribution is 0.171. The molecule has 1 atom stereocenters. The molecule has 0 unspecified atom stereocenters. The zero-order chi connectivity index (χ0) is 13.7. The van der Waals surface area contributed by atoms with Crippen molar-refractivity contribution >= 4 is 0 Å². The van der Waals surface area contributed by atoms with Crippen LogP contribution in [0.25, 0.3) is 0 Å². The van der Waals surface area contributed by atoms with Gasteiger partial charge in [-0.1, -0.05) is 18.2 Å². The van der Waals surface area contributed by atoms with Crippen molar-refractivity contribution in [3.05, 3.63) is 36.4 Å². The van der Waals surface area contributed by atoms with Crippen LogP contribution in [0.3, 0.4) is 0 Å². The number of hydrogen-bond donors (Lipinski definition) is 2. The molecule has 2 N–H and O–H groups in total. The maximum Gasteiger partial charge on any atom is 0.162 e. The number of ether oxygens (including phenoxy) is 1. The summed E-state index contributed by atoms with van der Waals surface area (Å²) in [5, 5.41) is 13.7. The van der Waals surface area contributed by atoms with Crippen molar-refractivity contribution in [2.75, 3.05) is 33.3 Å². The van der Waals surface area contributed by atoms with Crippen LogP contribution in [0.2, 0.25) is 0 Å². The van der Waals surface area contributed by atoms with Crippen LogP contribution < -0.4 is 10.1 Å². The summed E-state index contributed by atoms with van der Waals surface area (Å²) in [5.41, 5.74) is 0.918. The zero-order valence-electron chi connectivity index (χ0n) is 11.4. The molecule has 104 valence electrons. The minimum absolute atomic E-state index is 0.162. The van der Waals surface area contributed by atoms with Crippen LogP contribution in [-0.4, -0.2) is 43.3 Å². The third kappa shape index (κ3) is 3.08. The molecule has 0 aliphatic carbocycles. The van der Waals surface area contributed by atoms with Gasteiger partial charge in [-0.2, -0.15) is 0 Å². The maximum absolute atomic E-state index is 10.3. The molecule has 2 rings (SSSR count). The average Bonchev–Trinajstić information content (AvgIpc) is 2.46. The van der Waals surface area contributed by atoms with E-state index in [0.29, 0.717) is 5.75 Å². The van der Waals surface area contributed by atoms with Crippen molar-refractivity contribution in [2.45, 2.75) is 12.5 Å². The number of nitrogens with one attached hydrogen (secondary N) is 1. The van der Waals surface area contributed by atoms with Crippen molar-refractivity contribution < 1.29 is 9.84 Å². The first kappa shape index (κ1) is 13.9. The standard InChI is InChI=1S/C15H22N2O2/c1-3-5-13(17-10-8-16-9-11-17)12-6-4-7-14(19-2)15(12)18/h3-4,6-7,13,16,18H,1,5,8-11H2,2H3/t13-/m1/s1. The van der Waals surface area contributed by atoms with Gasteiger partial charge < -0.3 is 15.2 Å². The van der Waals surface area contributed by atoms with Gasteiger partial charge in [0.15, 0.2) is 11.5 Å². The van der Waals surface area contributed by atoms with Crippen molar-refractivity contribution in [1.29, 1.82) is 0 Å². The lowest BCUT2D eigenvalue weighted by Crippen LogP contribution is -2.45. The van der Waals surface area contributed by atoms with Gasteiger partial charge in [-0.3, -0.25) is 4.90 Å². The number of aromatic hydroxyl groups is 1. The molecule has 1 heterocycles. The highest BCUT2D eigenvalue weighted by atomic mass is 16.5. The number of methoxy groups -OCH3 is 1. The van der Waals surface area contributed by atoms with E-state index in [1.165, 1.54) is 0 Å². The van der Waals surface area contributed by atoms with Crippen molar-refractivity contribution in [3.8, 4) is 11.5 Å². The Morgan fingerprint density at radius 2 is 2.21 bits per heavy atom. The fourth-order valence-corrected chi connectivity index (χ4v) is 2.60. The first-order chi connectivity index (χ1) is 9.27. The molecule has 19 heavy (non-hydrogen) atoms. The average molecular weight is 262 g/mol. The van der Waals surface area contributed by atoms with E-state index in [1.54, 1.807) is 13.2 Å². The fraction of sp³-hybridized carbons (Fsp3) is 0.467. The zero-order valence-corrected chi connectivity index (χ0v) is 11.4. The number of para-hydroxylation sites is 1. The van der Waals surface area contributed by atoms with E-state index >= 15 is 0 Å². The number of nitrogens with zero attached hydrogens (tertiary/aromatic N) is 1. The molecule has 0 radical (unpaired) electrons. The van der Waals surface area contributed by atoms with Crippen molar-refractivity contribution in [1.82, 2.24) is 10.2 Å². The molecule has 0 spiro atoms. The number of hydrogen-bond acceptors (Lipinski definition) is 4. The Bertz CT molecular complexity index is 428. The third-order valence-corrected chi connectivity index (χ3v) is 3.59. The highest BCUT2D eigenvalue weighted by Crippen LogP contribution is 2.37. The Kier molecular flexibility index (Phi) is 4.82. The minimum Gasteiger partial charge on any atom is -0.504 e. The summed E-state index contributed by atoms with van der Waals surface area (Å²) in [6.07, 6.45) is 2.73. The molecule has 0 saturated carbocycles. The molecule has 1 saturated heterocycles. The Balaban J connectivity index is 2.29. The molecule has 1 aliphatic heterocycles. The number of phenolic OH excluding ortho intramolecular Hbond substituents is 1. The molecule has 1 fully saturated rings. The molecule has 0 aromatic heterocycles. The molecule has 0 bridgehead atoms. The van der Waals surface area contributed by atoms with E-state index in [2.05, 4.69) is 16.8 Å². The summed E-state index contributed by atoms with van der Waals surface area (Å²) >= 11 is 0. The first-order valence-electron chi connectivity index (χ1n) is 6.69. The minimum atomic E-state index is 0.162. The van der Waals surface area contributed by atoms with E-state index in [1.807, 2.05) is 18.2 Å². The molecular formula is C15H22N2O2. The van der Waals surface area contributed by atoms with Gasteiger partial charge in [0.2, 0.25) is 0 Å². The molecule has 4 heteroatoms. The highest BCUT2D eigenvalue weighted by Gasteiger charge is 2.24. The summed E-state index contributed by atoms with van der Waals surface area (Å²) in [6.45, 7) is 7.77. The summed E-state index contributed by atoms with van der Waals surface area (Å²) in [4.78, 5) is 2.38. The van der Waals surface area contributed by atoms with Crippen molar-refractivity contribution in [2.24, 2.45) is 0 Å². The fourth-order valence-electron chi connectivity index (χ4n) is 2.60. The molecule has 0 amide bonds. The van der Waals surface area contributed by atoms with E-state index in [9.17, 15) is 5.11 Å². The van der Waals surface area contributed by atoms with Crippen LogP contribution in [0, 0.1) is 0 Å². The van der Waals surface area contributed by atoms with Gasteiger partial charge in [-0.25, -0.2) is 0 Å². The largest absolute Gasteiger partial charge is 0.504 e. The molecule has 1 aromatic rings. The van der Waals surface area contributed by atoms with Crippen molar-refractivity contribution in [3.63, 3.8) is 0 Å². The number of phenols is 1. The van der Waals surface area contributed by atoms with Gasteiger partial charge in [0, 0.05) is 37.8 Å². The van der Waals surface area contributed by atoms with Crippen LogP contribution in [-0.2, 0) is 0 Å². The SMILES string of the molecule is C=CC[C@H](c1cccc(OC)c1O)N1CCNCC1. The van der Waals surface area contributed by atoms with Crippen LogP contribution in [0.5, 0.6) is 11.5 Å². The summed E-state index contributed by atoms with van der Waals surface area (Å²) in [7, 11) is 1.58. The lowest BCUT2D eigenvalue weighted by atomic mass is 9.99. The summed E-state index contributed by atoms with van der Waals surface area (Å²) < 4.78 is 5.19. The van der Waals surface area contributed by atoms with Gasteiger partial charge in [-0.15, -0.1) is 6.58 Å². The second kappa shape index (κ2) is 6.59. The monoisotopic (exact) mass is 262 g/mol. The second-order valence-corrected chi connectivity index (χ2v) is 4.72. The smallest absolute Gasteiger partial charge is 0.162 e. The van der Waals surface area contributed by atoms with Crippen LogP contribution in [0.1, 0.15) is 18.0 Å². The van der Waals surface area contributed by atoms with E-state index in [-0.39, 0.29) is 11.8 Å². The molecule has 1 aromatic carbocycles. The van der Waals surface area contributed by atoms with Gasteiger partial charge in [-0.05, 0) is 12.5 Å². The van der Waals surface area contributed by atoms with Gasteiger partial charge in [0.1, 0.15) is 0 Å². The van der Waals surface area contributed by atoms with Crippen LogP contribution in [0.15, 0.2) is 30.9 Å². The quantitative estimate of drug-likeness (QED) is 0.796. The summed E-state index contributed by atoms with van der Waals surface area (Å²) in [6, 6.07) is 5.83. The lowest BCUT2D eigenvalue weighted by Gasteiger charge is -2.35. The second-order valence-electron chi connectivity index (χ2n) is 4.72. The van der Waals surface area contributed by atoms with Crippen LogP contribution >= 0.6 is 0 Å². The molecule has 4 nitrogen and oxygen atoms in total. The predicted molar refractivity (Wildman–Crippen MR) is 76.7 cm³/mol. The maximum atomic E-state index is 10.3. The number of piperazine rings is 1. The molecule has 1 aliphatic rings. The van der Waals surface area contributed by atoms with Crippen LogP contribution in [0.4, 0.5) is 0 Å². The number of benzene rings is 1. The Morgan fingerprint density at radius 1 is 1.47 bits per heavy atom. The van der Waals surface area contributed by atoms with E-state index in [0.717, 1.165) is 38.2 Å².